The number of rotatable bonds is 7. The highest BCUT2D eigenvalue weighted by molar-refractivity contribution is 5.96. The van der Waals surface area contributed by atoms with Gasteiger partial charge in [0.25, 0.3) is 0 Å². The van der Waals surface area contributed by atoms with E-state index in [1.165, 1.54) is 0 Å². The third-order valence-electron chi connectivity index (χ3n) is 6.88. The van der Waals surface area contributed by atoms with E-state index in [-0.39, 0.29) is 6.10 Å². The number of aryl methyl sites for hydroxylation is 1. The minimum absolute atomic E-state index is 0.230. The number of piperidine rings is 1. The molecule has 1 fully saturated rings. The lowest BCUT2D eigenvalue weighted by atomic mass is 9.99. The second-order valence-electron chi connectivity index (χ2n) is 9.36. The molecule has 4 aromatic heterocycles. The lowest BCUT2D eigenvalue weighted by molar-refractivity contribution is 0.162. The van der Waals surface area contributed by atoms with Crippen molar-refractivity contribution >= 4 is 16.5 Å². The van der Waals surface area contributed by atoms with Crippen LogP contribution in [-0.2, 0) is 0 Å². The molecule has 7 nitrogen and oxygen atoms in total. The van der Waals surface area contributed by atoms with Crippen LogP contribution < -0.4 is 10.1 Å². The number of hydrogen-bond donors (Lipinski definition) is 3. The van der Waals surface area contributed by atoms with Crippen LogP contribution in [0, 0.1) is 6.92 Å². The number of benzene rings is 1. The van der Waals surface area contributed by atoms with Gasteiger partial charge in [0.1, 0.15) is 17.5 Å². The van der Waals surface area contributed by atoms with Crippen molar-refractivity contribution in [3.05, 3.63) is 96.9 Å². The number of aromatic nitrogens is 4. The number of ether oxygens (including phenoxy) is 1. The van der Waals surface area contributed by atoms with E-state index in [1.807, 2.05) is 18.3 Å². The molecule has 5 aromatic rings. The van der Waals surface area contributed by atoms with Crippen LogP contribution in [0.15, 0.2) is 84.5 Å². The zero-order chi connectivity index (χ0) is 25.2. The van der Waals surface area contributed by atoms with E-state index in [0.717, 1.165) is 87.5 Å². The number of allylic oxidation sites excluding steroid dienone is 2. The summed E-state index contributed by atoms with van der Waals surface area (Å²) < 4.78 is 11.6. The molecule has 37 heavy (non-hydrogen) atoms. The van der Waals surface area contributed by atoms with Crippen molar-refractivity contribution in [2.24, 2.45) is 0 Å². The quantitative estimate of drug-likeness (QED) is 0.233. The molecule has 0 radical (unpaired) electrons. The second kappa shape index (κ2) is 9.95. The van der Waals surface area contributed by atoms with E-state index in [0.29, 0.717) is 0 Å². The predicted molar refractivity (Wildman–Crippen MR) is 146 cm³/mol. The fourth-order valence-corrected chi connectivity index (χ4v) is 4.99. The molecule has 6 rings (SSSR count). The van der Waals surface area contributed by atoms with Gasteiger partial charge in [-0.1, -0.05) is 24.8 Å². The summed E-state index contributed by atoms with van der Waals surface area (Å²) in [6.07, 6.45) is 13.1. The first-order valence-corrected chi connectivity index (χ1v) is 12.6. The molecule has 0 spiro atoms. The van der Waals surface area contributed by atoms with Crippen LogP contribution >= 0.6 is 0 Å². The highest BCUT2D eigenvalue weighted by Crippen LogP contribution is 2.35. The van der Waals surface area contributed by atoms with Crippen LogP contribution in [0.1, 0.15) is 29.7 Å². The molecule has 1 aromatic carbocycles. The summed E-state index contributed by atoms with van der Waals surface area (Å²) in [7, 11) is 0. The van der Waals surface area contributed by atoms with Gasteiger partial charge in [0, 0.05) is 34.0 Å². The Kier molecular flexibility index (Phi) is 6.20. The van der Waals surface area contributed by atoms with Crippen molar-refractivity contribution in [3.8, 4) is 28.3 Å². The zero-order valence-electron chi connectivity index (χ0n) is 20.8. The Morgan fingerprint density at radius 1 is 1.11 bits per heavy atom. The Morgan fingerprint density at radius 3 is 2.81 bits per heavy atom. The standard InChI is InChI=1S/C30H29N5O2/c1-3-4-25(21-9-12-36-18-21)26-15-29(33-19(26)2)30-27-14-20(5-6-28(27)34-35-30)22-13-24(17-32-16-22)37-23-7-10-31-11-8-23/h3-6,9,12-18,23,31,33H,1,7-8,10-11H2,2H3,(H,34,35)/b25-4-. The predicted octanol–water partition coefficient (Wildman–Crippen LogP) is 6.27. The average Bonchev–Trinajstić information content (AvgIpc) is 3.68. The lowest BCUT2D eigenvalue weighted by Crippen LogP contribution is -2.34. The van der Waals surface area contributed by atoms with E-state index in [2.05, 4.69) is 69.3 Å². The Balaban J connectivity index is 1.34. The van der Waals surface area contributed by atoms with Gasteiger partial charge in [-0.15, -0.1) is 0 Å². The molecule has 186 valence electrons. The van der Waals surface area contributed by atoms with Crippen LogP contribution in [0.5, 0.6) is 5.75 Å². The number of H-pyrrole nitrogens is 2. The van der Waals surface area contributed by atoms with Gasteiger partial charge >= 0.3 is 0 Å². The SMILES string of the molecule is C=C/C=C(/c1ccoc1)c1cc(-c2n[nH]c3ccc(-c4cncc(OC5CCNCC5)c4)cc23)[nH]c1C. The molecular weight excluding hydrogens is 462 g/mol. The monoisotopic (exact) mass is 491 g/mol. The van der Waals surface area contributed by atoms with Crippen LogP contribution in [0.25, 0.3) is 39.0 Å². The largest absolute Gasteiger partial charge is 0.489 e. The van der Waals surface area contributed by atoms with Gasteiger partial charge in [-0.25, -0.2) is 0 Å². The van der Waals surface area contributed by atoms with Crippen LogP contribution in [-0.4, -0.2) is 39.4 Å². The maximum absolute atomic E-state index is 6.23. The summed E-state index contributed by atoms with van der Waals surface area (Å²) in [5, 5.41) is 12.2. The number of nitrogens with one attached hydrogen (secondary N) is 3. The Hall–Kier alpha value is -4.36. The van der Waals surface area contributed by atoms with Crippen LogP contribution in [0.4, 0.5) is 0 Å². The van der Waals surface area contributed by atoms with Gasteiger partial charge in [0.05, 0.1) is 29.9 Å². The first-order valence-electron chi connectivity index (χ1n) is 12.6. The van der Waals surface area contributed by atoms with Gasteiger partial charge in [-0.2, -0.15) is 5.10 Å². The molecule has 0 saturated carbocycles. The fourth-order valence-electron chi connectivity index (χ4n) is 4.99. The van der Waals surface area contributed by atoms with Crippen molar-refractivity contribution in [1.29, 1.82) is 0 Å². The average molecular weight is 492 g/mol. The number of furan rings is 1. The first kappa shape index (κ1) is 23.1. The molecule has 0 unspecified atom stereocenters. The summed E-state index contributed by atoms with van der Waals surface area (Å²) >= 11 is 0. The van der Waals surface area contributed by atoms with Gasteiger partial charge in [0.15, 0.2) is 0 Å². The van der Waals surface area contributed by atoms with Gasteiger partial charge in [0.2, 0.25) is 0 Å². The number of aromatic amines is 2. The number of hydrogen-bond acceptors (Lipinski definition) is 5. The van der Waals surface area contributed by atoms with Crippen molar-refractivity contribution in [2.45, 2.75) is 25.9 Å². The summed E-state index contributed by atoms with van der Waals surface area (Å²) in [5.41, 5.74) is 9.02. The summed E-state index contributed by atoms with van der Waals surface area (Å²) in [5.74, 6) is 0.808. The number of pyridine rings is 1. The Morgan fingerprint density at radius 2 is 2.00 bits per heavy atom. The minimum Gasteiger partial charge on any atom is -0.489 e. The topological polar surface area (TPSA) is 91.8 Å². The molecule has 0 atom stereocenters. The second-order valence-corrected chi connectivity index (χ2v) is 9.36. The summed E-state index contributed by atoms with van der Waals surface area (Å²) in [6.45, 7) is 7.94. The molecule has 0 amide bonds. The molecule has 7 heteroatoms. The molecule has 0 bridgehead atoms. The van der Waals surface area contributed by atoms with Crippen molar-refractivity contribution in [3.63, 3.8) is 0 Å². The molecule has 3 N–H and O–H groups in total. The molecule has 5 heterocycles. The zero-order valence-corrected chi connectivity index (χ0v) is 20.8. The first-order chi connectivity index (χ1) is 18.2. The van der Waals surface area contributed by atoms with E-state index >= 15 is 0 Å². The van der Waals surface area contributed by atoms with Crippen LogP contribution in [0.3, 0.4) is 0 Å². The maximum atomic E-state index is 6.23. The molecular formula is C30H29N5O2. The van der Waals surface area contributed by atoms with E-state index in [9.17, 15) is 0 Å². The summed E-state index contributed by atoms with van der Waals surface area (Å²) in [6, 6.07) is 12.5. The van der Waals surface area contributed by atoms with Crippen molar-refractivity contribution < 1.29 is 9.15 Å². The van der Waals surface area contributed by atoms with Crippen LogP contribution in [0.2, 0.25) is 0 Å². The molecule has 0 aliphatic carbocycles. The molecule has 1 saturated heterocycles. The minimum atomic E-state index is 0.230. The normalized spacial score (nSPS) is 14.8. The highest BCUT2D eigenvalue weighted by atomic mass is 16.5. The fraction of sp³-hybridized carbons (Fsp3) is 0.200. The van der Waals surface area contributed by atoms with Gasteiger partial charge in [-0.05, 0) is 74.3 Å². The number of fused-ring (bicyclic) bond motifs is 1. The third kappa shape index (κ3) is 4.61. The highest BCUT2D eigenvalue weighted by Gasteiger charge is 2.18. The molecule has 1 aliphatic rings. The molecule has 1 aliphatic heterocycles. The lowest BCUT2D eigenvalue weighted by Gasteiger charge is -2.23. The van der Waals surface area contributed by atoms with E-state index < -0.39 is 0 Å². The Bertz CT molecular complexity index is 1570. The van der Waals surface area contributed by atoms with E-state index in [1.54, 1.807) is 24.8 Å². The van der Waals surface area contributed by atoms with Gasteiger partial charge < -0.3 is 19.5 Å². The van der Waals surface area contributed by atoms with Gasteiger partial charge in [-0.3, -0.25) is 10.1 Å². The van der Waals surface area contributed by atoms with E-state index in [4.69, 9.17) is 9.15 Å². The summed E-state index contributed by atoms with van der Waals surface area (Å²) in [4.78, 5) is 7.99. The smallest absolute Gasteiger partial charge is 0.138 e. The Labute approximate surface area is 215 Å². The number of nitrogens with zero attached hydrogens (tertiary/aromatic N) is 2. The van der Waals surface area contributed by atoms with Crippen molar-refractivity contribution in [1.82, 2.24) is 25.5 Å². The maximum Gasteiger partial charge on any atom is 0.138 e. The third-order valence-corrected chi connectivity index (χ3v) is 6.88. The van der Waals surface area contributed by atoms with Crippen molar-refractivity contribution in [2.75, 3.05) is 13.1 Å².